The predicted octanol–water partition coefficient (Wildman–Crippen LogP) is 2.98. The van der Waals surface area contributed by atoms with Crippen molar-refractivity contribution in [1.29, 1.82) is 0 Å². The molecule has 1 aliphatic heterocycles. The zero-order valence-electron chi connectivity index (χ0n) is 13.3. The first-order valence-electron chi connectivity index (χ1n) is 7.86. The van der Waals surface area contributed by atoms with E-state index in [1.54, 1.807) is 0 Å². The SMILES string of the molecule is CCC(CC)N(C)C(=O)c1sc(N2CCCCC2)nc1N. The minimum Gasteiger partial charge on any atom is -0.382 e. The lowest BCUT2D eigenvalue weighted by molar-refractivity contribution is 0.0729. The van der Waals surface area contributed by atoms with Crippen LogP contribution in [0.4, 0.5) is 10.9 Å². The standard InChI is InChI=1S/C15H26N4OS/c1-4-11(5-2)18(3)14(20)12-13(16)17-15(21-12)19-9-7-6-8-10-19/h11H,4-10,16H2,1-3H3. The Kier molecular flexibility index (Phi) is 5.45. The Morgan fingerprint density at radius 1 is 1.33 bits per heavy atom. The van der Waals surface area contributed by atoms with E-state index in [0.717, 1.165) is 31.1 Å². The number of carbonyl (C=O) groups is 1. The number of rotatable bonds is 5. The molecule has 1 aliphatic rings. The smallest absolute Gasteiger partial charge is 0.267 e. The molecule has 1 aromatic rings. The Morgan fingerprint density at radius 2 is 1.95 bits per heavy atom. The minimum absolute atomic E-state index is 0.00181. The summed E-state index contributed by atoms with van der Waals surface area (Å²) in [5, 5.41) is 0.897. The van der Waals surface area contributed by atoms with Gasteiger partial charge in [-0.05, 0) is 32.1 Å². The van der Waals surface area contributed by atoms with Crippen LogP contribution >= 0.6 is 11.3 Å². The summed E-state index contributed by atoms with van der Waals surface area (Å²) in [5.41, 5.74) is 5.99. The zero-order valence-corrected chi connectivity index (χ0v) is 14.1. The highest BCUT2D eigenvalue weighted by Gasteiger charge is 2.25. The molecule has 2 heterocycles. The van der Waals surface area contributed by atoms with Crippen LogP contribution in [0.1, 0.15) is 55.6 Å². The van der Waals surface area contributed by atoms with Crippen LogP contribution in [0, 0.1) is 0 Å². The second-order valence-electron chi connectivity index (χ2n) is 5.64. The number of nitrogens with zero attached hydrogens (tertiary/aromatic N) is 3. The molecule has 5 nitrogen and oxygen atoms in total. The Balaban J connectivity index is 2.16. The normalized spacial score (nSPS) is 15.5. The molecule has 0 unspecified atom stereocenters. The van der Waals surface area contributed by atoms with Crippen molar-refractivity contribution >= 4 is 28.2 Å². The van der Waals surface area contributed by atoms with E-state index in [2.05, 4.69) is 23.7 Å². The van der Waals surface area contributed by atoms with Crippen molar-refractivity contribution in [3.8, 4) is 0 Å². The summed E-state index contributed by atoms with van der Waals surface area (Å²) >= 11 is 1.44. The van der Waals surface area contributed by atoms with Gasteiger partial charge in [0.2, 0.25) is 0 Å². The monoisotopic (exact) mass is 310 g/mol. The highest BCUT2D eigenvalue weighted by Crippen LogP contribution is 2.31. The second kappa shape index (κ2) is 7.11. The summed E-state index contributed by atoms with van der Waals surface area (Å²) in [5.74, 6) is 0.380. The number of piperidine rings is 1. The fourth-order valence-corrected chi connectivity index (χ4v) is 3.88. The highest BCUT2D eigenvalue weighted by molar-refractivity contribution is 7.18. The number of hydrogen-bond donors (Lipinski definition) is 1. The third-order valence-corrected chi connectivity index (χ3v) is 5.39. The van der Waals surface area contributed by atoms with Crippen LogP contribution in [-0.4, -0.2) is 42.0 Å². The van der Waals surface area contributed by atoms with E-state index >= 15 is 0 Å². The van der Waals surface area contributed by atoms with Crippen molar-refractivity contribution in [3.05, 3.63) is 4.88 Å². The van der Waals surface area contributed by atoms with Gasteiger partial charge in [-0.1, -0.05) is 25.2 Å². The fraction of sp³-hybridized carbons (Fsp3) is 0.733. The van der Waals surface area contributed by atoms with E-state index < -0.39 is 0 Å². The molecule has 0 spiro atoms. The van der Waals surface area contributed by atoms with Crippen molar-refractivity contribution in [3.63, 3.8) is 0 Å². The van der Waals surface area contributed by atoms with Crippen molar-refractivity contribution in [2.45, 2.75) is 52.0 Å². The first kappa shape index (κ1) is 16.1. The molecular weight excluding hydrogens is 284 g/mol. The first-order chi connectivity index (χ1) is 10.1. The maximum absolute atomic E-state index is 12.6. The van der Waals surface area contributed by atoms with E-state index in [4.69, 9.17) is 5.73 Å². The van der Waals surface area contributed by atoms with Crippen molar-refractivity contribution in [2.75, 3.05) is 30.8 Å². The molecule has 1 fully saturated rings. The molecule has 0 atom stereocenters. The lowest BCUT2D eigenvalue weighted by Crippen LogP contribution is -2.36. The van der Waals surface area contributed by atoms with E-state index in [9.17, 15) is 4.79 Å². The lowest BCUT2D eigenvalue weighted by atomic mass is 10.1. The Morgan fingerprint density at radius 3 is 2.52 bits per heavy atom. The van der Waals surface area contributed by atoms with Crippen LogP contribution in [0.15, 0.2) is 0 Å². The fourth-order valence-electron chi connectivity index (χ4n) is 2.86. The van der Waals surface area contributed by atoms with Crippen LogP contribution in [-0.2, 0) is 0 Å². The molecule has 1 saturated heterocycles. The molecule has 0 aromatic carbocycles. The maximum Gasteiger partial charge on any atom is 0.267 e. The quantitative estimate of drug-likeness (QED) is 0.908. The number of carbonyl (C=O) groups excluding carboxylic acids is 1. The average Bonchev–Trinajstić information content (AvgIpc) is 2.90. The van der Waals surface area contributed by atoms with Gasteiger partial charge in [-0.2, -0.15) is 0 Å². The van der Waals surface area contributed by atoms with Crippen molar-refractivity contribution < 1.29 is 4.79 Å². The number of nitrogen functional groups attached to an aromatic ring is 1. The van der Waals surface area contributed by atoms with Crippen molar-refractivity contribution in [2.24, 2.45) is 0 Å². The van der Waals surface area contributed by atoms with Gasteiger partial charge in [0.05, 0.1) is 0 Å². The average molecular weight is 310 g/mol. The molecule has 0 radical (unpaired) electrons. The summed E-state index contributed by atoms with van der Waals surface area (Å²) < 4.78 is 0. The molecule has 2 N–H and O–H groups in total. The maximum atomic E-state index is 12.6. The molecule has 0 saturated carbocycles. The molecule has 0 aliphatic carbocycles. The van der Waals surface area contributed by atoms with Crippen LogP contribution in [0.25, 0.3) is 0 Å². The Hall–Kier alpha value is -1.30. The summed E-state index contributed by atoms with van der Waals surface area (Å²) in [7, 11) is 1.86. The highest BCUT2D eigenvalue weighted by atomic mass is 32.1. The summed E-state index contributed by atoms with van der Waals surface area (Å²) in [6.07, 6.45) is 5.57. The van der Waals surface area contributed by atoms with Crippen LogP contribution < -0.4 is 10.6 Å². The topological polar surface area (TPSA) is 62.5 Å². The minimum atomic E-state index is 0.00181. The first-order valence-corrected chi connectivity index (χ1v) is 8.68. The van der Waals surface area contributed by atoms with Crippen LogP contribution in [0.3, 0.4) is 0 Å². The number of anilines is 2. The van der Waals surface area contributed by atoms with Gasteiger partial charge >= 0.3 is 0 Å². The van der Waals surface area contributed by atoms with Gasteiger partial charge in [-0.15, -0.1) is 0 Å². The molecule has 1 amide bonds. The second-order valence-corrected chi connectivity index (χ2v) is 6.62. The van der Waals surface area contributed by atoms with Gasteiger partial charge in [0.1, 0.15) is 10.7 Å². The molecule has 6 heteroatoms. The third kappa shape index (κ3) is 3.48. The van der Waals surface area contributed by atoms with Gasteiger partial charge in [0.15, 0.2) is 5.13 Å². The van der Waals surface area contributed by atoms with Crippen molar-refractivity contribution in [1.82, 2.24) is 9.88 Å². The lowest BCUT2D eigenvalue weighted by Gasteiger charge is -2.26. The van der Waals surface area contributed by atoms with E-state index in [1.807, 2.05) is 11.9 Å². The Labute approximate surface area is 131 Å². The molecule has 0 bridgehead atoms. The predicted molar refractivity (Wildman–Crippen MR) is 89.1 cm³/mol. The largest absolute Gasteiger partial charge is 0.382 e. The number of amides is 1. The van der Waals surface area contributed by atoms with E-state index in [1.165, 1.54) is 30.6 Å². The van der Waals surface area contributed by atoms with Gasteiger partial charge in [0.25, 0.3) is 5.91 Å². The summed E-state index contributed by atoms with van der Waals surface area (Å²) in [4.78, 5) is 21.7. The third-order valence-electron chi connectivity index (χ3n) is 4.27. The number of thiazole rings is 1. The van der Waals surface area contributed by atoms with Crippen LogP contribution in [0.5, 0.6) is 0 Å². The van der Waals surface area contributed by atoms with Crippen LogP contribution in [0.2, 0.25) is 0 Å². The van der Waals surface area contributed by atoms with Gasteiger partial charge < -0.3 is 15.5 Å². The molecule has 1 aromatic heterocycles. The number of nitrogens with two attached hydrogens (primary N) is 1. The molecule has 21 heavy (non-hydrogen) atoms. The van der Waals surface area contributed by atoms with Gasteiger partial charge in [-0.3, -0.25) is 4.79 Å². The molecule has 2 rings (SSSR count). The van der Waals surface area contributed by atoms with E-state index in [-0.39, 0.29) is 11.9 Å². The van der Waals surface area contributed by atoms with E-state index in [0.29, 0.717) is 10.7 Å². The summed E-state index contributed by atoms with van der Waals surface area (Å²) in [6, 6.07) is 0.262. The van der Waals surface area contributed by atoms with Gasteiger partial charge in [-0.25, -0.2) is 4.98 Å². The summed E-state index contributed by atoms with van der Waals surface area (Å²) in [6.45, 7) is 6.24. The van der Waals surface area contributed by atoms with Gasteiger partial charge in [0, 0.05) is 26.2 Å². The molecular formula is C15H26N4OS. The zero-order chi connectivity index (χ0) is 15.4. The number of hydrogen-bond acceptors (Lipinski definition) is 5. The number of aromatic nitrogens is 1. The Bertz CT molecular complexity index is 478. The molecule has 118 valence electrons.